The monoisotopic (exact) mass is 436 g/mol. The second-order valence-electron chi connectivity index (χ2n) is 7.68. The van der Waals surface area contributed by atoms with Crippen LogP contribution in [-0.4, -0.2) is 81.7 Å². The molecule has 1 aliphatic rings. The molecule has 2 amide bonds. The van der Waals surface area contributed by atoms with Gasteiger partial charge in [0.05, 0.1) is 12.5 Å². The molecule has 11 nitrogen and oxygen atoms in total. The number of likely N-dealkylation sites (N-methyl/N-ethyl adjacent to an activating group) is 1. The third-order valence-corrected chi connectivity index (χ3v) is 5.44. The Morgan fingerprint density at radius 3 is 2.52 bits per heavy atom. The van der Waals surface area contributed by atoms with E-state index in [4.69, 9.17) is 0 Å². The van der Waals surface area contributed by atoms with E-state index in [0.717, 1.165) is 52.0 Å². The van der Waals surface area contributed by atoms with Gasteiger partial charge < -0.3 is 9.80 Å². The van der Waals surface area contributed by atoms with E-state index in [9.17, 15) is 14.8 Å². The number of hydroxylamine groups is 2. The minimum Gasteiger partial charge on any atom is -0.338 e. The van der Waals surface area contributed by atoms with E-state index < -0.39 is 5.92 Å². The van der Waals surface area contributed by atoms with Crippen LogP contribution in [0.4, 0.5) is 11.9 Å². The third kappa shape index (κ3) is 7.91. The first-order chi connectivity index (χ1) is 15.0. The van der Waals surface area contributed by atoms with Crippen molar-refractivity contribution in [3.05, 3.63) is 5.82 Å². The summed E-state index contributed by atoms with van der Waals surface area (Å²) in [6, 6.07) is 0. The van der Waals surface area contributed by atoms with Crippen molar-refractivity contribution < 1.29 is 14.8 Å². The molecule has 2 rings (SSSR count). The predicted molar refractivity (Wildman–Crippen MR) is 117 cm³/mol. The van der Waals surface area contributed by atoms with Gasteiger partial charge in [0.25, 0.3) is 0 Å². The van der Waals surface area contributed by atoms with Crippen molar-refractivity contribution in [3.8, 4) is 0 Å². The maximum atomic E-state index is 12.7. The number of aromatic nitrogens is 3. The highest BCUT2D eigenvalue weighted by molar-refractivity contribution is 5.80. The summed E-state index contributed by atoms with van der Waals surface area (Å²) in [6.07, 6.45) is 4.34. The number of unbranched alkanes of at least 4 members (excludes halogenated alkanes) is 2. The molecule has 0 aliphatic carbocycles. The molecule has 1 saturated heterocycles. The first kappa shape index (κ1) is 24.7. The maximum Gasteiger partial charge on any atom is 0.246 e. The number of carbonyl (C=O) groups excluding carboxylic acids is 2. The summed E-state index contributed by atoms with van der Waals surface area (Å²) in [5.41, 5.74) is 5.42. The van der Waals surface area contributed by atoms with Crippen LogP contribution in [0.25, 0.3) is 0 Å². The molecular formula is C20H36N8O3. The molecular weight excluding hydrogens is 400 g/mol. The number of carbonyl (C=O) groups is 2. The van der Waals surface area contributed by atoms with E-state index in [2.05, 4.69) is 49.5 Å². The topological polar surface area (TPSA) is 127 Å². The van der Waals surface area contributed by atoms with Crippen LogP contribution in [0.3, 0.4) is 0 Å². The van der Waals surface area contributed by atoms with Gasteiger partial charge in [0.1, 0.15) is 5.82 Å². The van der Waals surface area contributed by atoms with Crippen LogP contribution in [0.5, 0.6) is 0 Å². The van der Waals surface area contributed by atoms with Gasteiger partial charge in [-0.3, -0.25) is 25.6 Å². The minimum atomic E-state index is -0.539. The zero-order valence-corrected chi connectivity index (χ0v) is 18.9. The standard InChI is InChI=1S/C20H36N8O3/c1-4-7-8-9-16(14-28(31)15-29)18(30)24-25-19-21-17(5-2)22-20(23-19)27-12-10-26(6-3)11-13-27/h15-16,31H,4-14H2,1-3H3,(H,24,30)(H,21,22,23,25)/t16-/m0/s1. The molecule has 0 spiro atoms. The van der Waals surface area contributed by atoms with Gasteiger partial charge in [-0.2, -0.15) is 15.0 Å². The Morgan fingerprint density at radius 2 is 1.90 bits per heavy atom. The van der Waals surface area contributed by atoms with Crippen LogP contribution in [-0.2, 0) is 16.0 Å². The summed E-state index contributed by atoms with van der Waals surface area (Å²) >= 11 is 0. The van der Waals surface area contributed by atoms with E-state index in [1.54, 1.807) is 0 Å². The normalized spacial score (nSPS) is 15.4. The zero-order valence-electron chi connectivity index (χ0n) is 18.9. The lowest BCUT2D eigenvalue weighted by atomic mass is 10.0. The largest absolute Gasteiger partial charge is 0.338 e. The number of hydrogen-bond acceptors (Lipinski definition) is 9. The van der Waals surface area contributed by atoms with Crippen molar-refractivity contribution in [2.75, 3.05) is 49.6 Å². The Kier molecular flexibility index (Phi) is 10.4. The van der Waals surface area contributed by atoms with Crippen LogP contribution in [0.2, 0.25) is 0 Å². The van der Waals surface area contributed by atoms with Gasteiger partial charge in [0.2, 0.25) is 24.2 Å². The number of hydrogen-bond donors (Lipinski definition) is 3. The molecule has 174 valence electrons. The molecule has 1 aromatic heterocycles. The van der Waals surface area contributed by atoms with Crippen molar-refractivity contribution in [1.29, 1.82) is 0 Å². The number of rotatable bonds is 13. The molecule has 1 fully saturated rings. The highest BCUT2D eigenvalue weighted by Crippen LogP contribution is 2.15. The Balaban J connectivity index is 2.02. The number of piperazine rings is 1. The average Bonchev–Trinajstić information content (AvgIpc) is 2.81. The van der Waals surface area contributed by atoms with Gasteiger partial charge in [-0.15, -0.1) is 0 Å². The van der Waals surface area contributed by atoms with Crippen LogP contribution in [0.15, 0.2) is 0 Å². The molecule has 0 aromatic carbocycles. The molecule has 3 N–H and O–H groups in total. The second-order valence-corrected chi connectivity index (χ2v) is 7.68. The molecule has 1 aliphatic heterocycles. The number of amides is 2. The summed E-state index contributed by atoms with van der Waals surface area (Å²) in [4.78, 5) is 41.3. The molecule has 0 radical (unpaired) electrons. The predicted octanol–water partition coefficient (Wildman–Crippen LogP) is 1.06. The molecule has 2 heterocycles. The fourth-order valence-electron chi connectivity index (χ4n) is 3.46. The minimum absolute atomic E-state index is 0.0644. The van der Waals surface area contributed by atoms with E-state index in [1.165, 1.54) is 0 Å². The highest BCUT2D eigenvalue weighted by atomic mass is 16.5. The number of nitrogens with one attached hydrogen (secondary N) is 2. The number of anilines is 2. The number of hydrazine groups is 1. The summed E-state index contributed by atoms with van der Waals surface area (Å²) < 4.78 is 0. The quantitative estimate of drug-likeness (QED) is 0.180. The third-order valence-electron chi connectivity index (χ3n) is 5.44. The van der Waals surface area contributed by atoms with Gasteiger partial charge >= 0.3 is 0 Å². The molecule has 1 aromatic rings. The SMILES string of the molecule is CCCCC[C@@H](CN(O)C=O)C(=O)NNc1nc(CC)nc(N2CCN(CC)CC2)n1. The van der Waals surface area contributed by atoms with Crippen molar-refractivity contribution in [2.24, 2.45) is 5.92 Å². The van der Waals surface area contributed by atoms with Gasteiger partial charge in [0.15, 0.2) is 0 Å². The van der Waals surface area contributed by atoms with Gasteiger partial charge in [-0.05, 0) is 13.0 Å². The first-order valence-corrected chi connectivity index (χ1v) is 11.2. The second kappa shape index (κ2) is 13.0. The van der Waals surface area contributed by atoms with Crippen LogP contribution < -0.4 is 15.8 Å². The van der Waals surface area contributed by atoms with Gasteiger partial charge in [-0.1, -0.05) is 40.0 Å². The van der Waals surface area contributed by atoms with Crippen molar-refractivity contribution in [3.63, 3.8) is 0 Å². The molecule has 11 heteroatoms. The molecule has 0 unspecified atom stereocenters. The molecule has 0 saturated carbocycles. The van der Waals surface area contributed by atoms with E-state index in [1.807, 2.05) is 6.92 Å². The Labute approximate surface area is 184 Å². The fourth-order valence-corrected chi connectivity index (χ4v) is 3.46. The number of nitrogens with zero attached hydrogens (tertiary/aromatic N) is 6. The van der Waals surface area contributed by atoms with Crippen LogP contribution in [0, 0.1) is 5.92 Å². The van der Waals surface area contributed by atoms with Crippen LogP contribution >= 0.6 is 0 Å². The van der Waals surface area contributed by atoms with Gasteiger partial charge in [-0.25, -0.2) is 5.06 Å². The first-order valence-electron chi connectivity index (χ1n) is 11.2. The number of aryl methyl sites for hydroxylation is 1. The van der Waals surface area contributed by atoms with Crippen molar-refractivity contribution in [1.82, 2.24) is 30.3 Å². The Hall–Kier alpha value is -2.53. The summed E-state index contributed by atoms with van der Waals surface area (Å²) in [5, 5.41) is 10.0. The molecule has 1 atom stereocenters. The molecule has 31 heavy (non-hydrogen) atoms. The lowest BCUT2D eigenvalue weighted by Crippen LogP contribution is -2.47. The zero-order chi connectivity index (χ0) is 22.6. The summed E-state index contributed by atoms with van der Waals surface area (Å²) in [6.45, 7) is 10.7. The summed E-state index contributed by atoms with van der Waals surface area (Å²) in [5.74, 6) is 0.650. The smallest absolute Gasteiger partial charge is 0.246 e. The lowest BCUT2D eigenvalue weighted by Gasteiger charge is -2.34. The molecule has 0 bridgehead atoms. The van der Waals surface area contributed by atoms with Crippen molar-refractivity contribution >= 4 is 24.2 Å². The van der Waals surface area contributed by atoms with Gasteiger partial charge in [0, 0.05) is 32.6 Å². The maximum absolute atomic E-state index is 12.7. The van der Waals surface area contributed by atoms with E-state index >= 15 is 0 Å². The lowest BCUT2D eigenvalue weighted by molar-refractivity contribution is -0.154. The Morgan fingerprint density at radius 1 is 1.16 bits per heavy atom. The highest BCUT2D eigenvalue weighted by Gasteiger charge is 2.22. The van der Waals surface area contributed by atoms with E-state index in [0.29, 0.717) is 36.1 Å². The van der Waals surface area contributed by atoms with E-state index in [-0.39, 0.29) is 18.4 Å². The summed E-state index contributed by atoms with van der Waals surface area (Å²) in [7, 11) is 0. The van der Waals surface area contributed by atoms with Crippen molar-refractivity contribution in [2.45, 2.75) is 52.9 Å². The van der Waals surface area contributed by atoms with Crippen LogP contribution in [0.1, 0.15) is 52.3 Å². The average molecular weight is 437 g/mol. The fraction of sp³-hybridized carbons (Fsp3) is 0.750. The Bertz CT molecular complexity index is 697.